The van der Waals surface area contributed by atoms with Crippen LogP contribution < -0.4 is 5.32 Å². The van der Waals surface area contributed by atoms with Gasteiger partial charge < -0.3 is 5.32 Å². The van der Waals surface area contributed by atoms with E-state index in [0.29, 0.717) is 6.42 Å². The highest BCUT2D eigenvalue weighted by Gasteiger charge is 1.99. The Morgan fingerprint density at radius 2 is 2.07 bits per heavy atom. The molecule has 1 aromatic carbocycles. The minimum absolute atomic E-state index is 0.204. The number of halogens is 1. The zero-order valence-corrected chi connectivity index (χ0v) is 8.83. The summed E-state index contributed by atoms with van der Waals surface area (Å²) in [4.78, 5) is 0. The number of nitrogens with zero attached hydrogens (tertiary/aromatic N) is 1. The summed E-state index contributed by atoms with van der Waals surface area (Å²) < 4.78 is 12.6. The molecule has 0 aliphatic rings. The molecule has 1 rings (SSSR count). The van der Waals surface area contributed by atoms with Crippen LogP contribution in [0.25, 0.3) is 0 Å². The number of hydrogen-bond acceptors (Lipinski definition) is 2. The third kappa shape index (κ3) is 4.57. The lowest BCUT2D eigenvalue weighted by molar-refractivity contribution is 0.559. The Labute approximate surface area is 89.7 Å². The Bertz CT molecular complexity index is 326. The van der Waals surface area contributed by atoms with E-state index in [1.807, 2.05) is 6.92 Å². The lowest BCUT2D eigenvalue weighted by Gasteiger charge is -2.09. The van der Waals surface area contributed by atoms with Crippen LogP contribution in [-0.2, 0) is 6.42 Å². The topological polar surface area (TPSA) is 35.8 Å². The van der Waals surface area contributed by atoms with E-state index < -0.39 is 0 Å². The molecule has 0 saturated carbocycles. The first-order valence-corrected chi connectivity index (χ1v) is 5.07. The van der Waals surface area contributed by atoms with Gasteiger partial charge in [-0.15, -0.1) is 0 Å². The van der Waals surface area contributed by atoms with Crippen molar-refractivity contribution < 1.29 is 4.39 Å². The van der Waals surface area contributed by atoms with Crippen LogP contribution in [0.2, 0.25) is 0 Å². The van der Waals surface area contributed by atoms with E-state index in [0.717, 1.165) is 18.5 Å². The standard InChI is InChI=1S/C12H15FN2/c1-10(6-8-14)15-9-7-11-2-4-12(13)5-3-11/h2-5,10,15H,6-7,9H2,1H3. The molecule has 15 heavy (non-hydrogen) atoms. The largest absolute Gasteiger partial charge is 0.313 e. The number of hydrogen-bond donors (Lipinski definition) is 1. The summed E-state index contributed by atoms with van der Waals surface area (Å²) in [5.74, 6) is -0.204. The van der Waals surface area contributed by atoms with Gasteiger partial charge in [-0.25, -0.2) is 4.39 Å². The number of benzene rings is 1. The second-order valence-electron chi connectivity index (χ2n) is 3.59. The predicted molar refractivity (Wildman–Crippen MR) is 57.8 cm³/mol. The lowest BCUT2D eigenvalue weighted by atomic mass is 10.1. The molecule has 0 spiro atoms. The molecule has 0 fully saturated rings. The van der Waals surface area contributed by atoms with Crippen molar-refractivity contribution in [2.75, 3.05) is 6.54 Å². The van der Waals surface area contributed by atoms with Crippen molar-refractivity contribution in [3.63, 3.8) is 0 Å². The third-order valence-electron chi connectivity index (χ3n) is 2.22. The molecule has 0 saturated heterocycles. The molecule has 0 aliphatic heterocycles. The molecule has 1 aromatic rings. The Morgan fingerprint density at radius 1 is 1.40 bits per heavy atom. The normalized spacial score (nSPS) is 12.1. The van der Waals surface area contributed by atoms with Gasteiger partial charge in [0.1, 0.15) is 5.82 Å². The summed E-state index contributed by atoms with van der Waals surface area (Å²) in [5, 5.41) is 11.7. The summed E-state index contributed by atoms with van der Waals surface area (Å²) in [6.45, 7) is 2.79. The van der Waals surface area contributed by atoms with Gasteiger partial charge >= 0.3 is 0 Å². The maximum Gasteiger partial charge on any atom is 0.123 e. The molecule has 80 valence electrons. The minimum Gasteiger partial charge on any atom is -0.313 e. The van der Waals surface area contributed by atoms with E-state index in [1.54, 1.807) is 12.1 Å². The van der Waals surface area contributed by atoms with E-state index in [-0.39, 0.29) is 11.9 Å². The summed E-state index contributed by atoms with van der Waals surface area (Å²) in [6, 6.07) is 8.83. The molecule has 0 heterocycles. The first-order chi connectivity index (χ1) is 7.22. The lowest BCUT2D eigenvalue weighted by Crippen LogP contribution is -2.27. The van der Waals surface area contributed by atoms with Gasteiger partial charge in [-0.1, -0.05) is 12.1 Å². The first kappa shape index (κ1) is 11.7. The summed E-state index contributed by atoms with van der Waals surface area (Å²) >= 11 is 0. The molecule has 3 heteroatoms. The maximum absolute atomic E-state index is 12.6. The quantitative estimate of drug-likeness (QED) is 0.802. The highest BCUT2D eigenvalue weighted by molar-refractivity contribution is 5.16. The number of nitrogens with one attached hydrogen (secondary N) is 1. The van der Waals surface area contributed by atoms with Crippen molar-refractivity contribution in [3.8, 4) is 6.07 Å². The Morgan fingerprint density at radius 3 is 2.67 bits per heavy atom. The highest BCUT2D eigenvalue weighted by Crippen LogP contribution is 2.03. The Kier molecular flexibility index (Phi) is 4.79. The molecule has 1 atom stereocenters. The average molecular weight is 206 g/mol. The van der Waals surface area contributed by atoms with Crippen molar-refractivity contribution in [1.29, 1.82) is 5.26 Å². The van der Waals surface area contributed by atoms with Crippen LogP contribution in [0.4, 0.5) is 4.39 Å². The van der Waals surface area contributed by atoms with E-state index in [1.165, 1.54) is 12.1 Å². The van der Waals surface area contributed by atoms with Gasteiger partial charge in [-0.2, -0.15) is 5.26 Å². The zero-order valence-electron chi connectivity index (χ0n) is 8.83. The molecular weight excluding hydrogens is 191 g/mol. The molecule has 0 bridgehead atoms. The monoisotopic (exact) mass is 206 g/mol. The van der Waals surface area contributed by atoms with E-state index in [2.05, 4.69) is 11.4 Å². The van der Waals surface area contributed by atoms with Crippen molar-refractivity contribution in [3.05, 3.63) is 35.6 Å². The minimum atomic E-state index is -0.204. The molecule has 0 aliphatic carbocycles. The van der Waals surface area contributed by atoms with Crippen LogP contribution in [-0.4, -0.2) is 12.6 Å². The Hall–Kier alpha value is -1.40. The maximum atomic E-state index is 12.6. The van der Waals surface area contributed by atoms with Crippen LogP contribution in [0.15, 0.2) is 24.3 Å². The Balaban J connectivity index is 2.26. The molecule has 1 N–H and O–H groups in total. The number of nitriles is 1. The van der Waals surface area contributed by atoms with E-state index in [9.17, 15) is 4.39 Å². The predicted octanol–water partition coefficient (Wildman–Crippen LogP) is 2.26. The first-order valence-electron chi connectivity index (χ1n) is 5.07. The molecule has 1 unspecified atom stereocenters. The van der Waals surface area contributed by atoms with Gasteiger partial charge in [0.2, 0.25) is 0 Å². The second kappa shape index (κ2) is 6.15. The van der Waals surface area contributed by atoms with Crippen LogP contribution in [0.3, 0.4) is 0 Å². The SMILES string of the molecule is CC(CC#N)NCCc1ccc(F)cc1. The van der Waals surface area contributed by atoms with Gasteiger partial charge in [-0.3, -0.25) is 0 Å². The van der Waals surface area contributed by atoms with Crippen molar-refractivity contribution in [1.82, 2.24) is 5.32 Å². The molecule has 0 radical (unpaired) electrons. The molecular formula is C12H15FN2. The van der Waals surface area contributed by atoms with Crippen molar-refractivity contribution in [2.24, 2.45) is 0 Å². The fraction of sp³-hybridized carbons (Fsp3) is 0.417. The van der Waals surface area contributed by atoms with Gasteiger partial charge in [0.25, 0.3) is 0 Å². The fourth-order valence-corrected chi connectivity index (χ4v) is 1.32. The van der Waals surface area contributed by atoms with E-state index in [4.69, 9.17) is 5.26 Å². The summed E-state index contributed by atoms with van der Waals surface area (Å²) in [7, 11) is 0. The fourth-order valence-electron chi connectivity index (χ4n) is 1.32. The van der Waals surface area contributed by atoms with Gasteiger partial charge in [0, 0.05) is 6.04 Å². The van der Waals surface area contributed by atoms with Gasteiger partial charge in [0.15, 0.2) is 0 Å². The molecule has 0 aromatic heterocycles. The van der Waals surface area contributed by atoms with Gasteiger partial charge in [-0.05, 0) is 37.6 Å². The van der Waals surface area contributed by atoms with Crippen LogP contribution in [0, 0.1) is 17.1 Å². The van der Waals surface area contributed by atoms with Crippen LogP contribution >= 0.6 is 0 Å². The highest BCUT2D eigenvalue weighted by atomic mass is 19.1. The van der Waals surface area contributed by atoms with Crippen LogP contribution in [0.5, 0.6) is 0 Å². The zero-order chi connectivity index (χ0) is 11.1. The number of rotatable bonds is 5. The summed E-state index contributed by atoms with van der Waals surface area (Å²) in [6.07, 6.45) is 1.37. The van der Waals surface area contributed by atoms with Crippen LogP contribution in [0.1, 0.15) is 18.9 Å². The average Bonchev–Trinajstić information content (AvgIpc) is 2.21. The third-order valence-corrected chi connectivity index (χ3v) is 2.22. The smallest absolute Gasteiger partial charge is 0.123 e. The van der Waals surface area contributed by atoms with Gasteiger partial charge in [0.05, 0.1) is 12.5 Å². The van der Waals surface area contributed by atoms with Crippen molar-refractivity contribution in [2.45, 2.75) is 25.8 Å². The van der Waals surface area contributed by atoms with E-state index >= 15 is 0 Å². The molecule has 2 nitrogen and oxygen atoms in total. The second-order valence-corrected chi connectivity index (χ2v) is 3.59. The summed E-state index contributed by atoms with van der Waals surface area (Å²) in [5.41, 5.74) is 1.10. The molecule has 0 amide bonds. The van der Waals surface area contributed by atoms with Crippen molar-refractivity contribution >= 4 is 0 Å².